The predicted molar refractivity (Wildman–Crippen MR) is 98.8 cm³/mol. The Labute approximate surface area is 151 Å². The van der Waals surface area contributed by atoms with Gasteiger partial charge in [0.2, 0.25) is 0 Å². The average Bonchev–Trinajstić information content (AvgIpc) is 2.68. The van der Waals surface area contributed by atoms with Crippen molar-refractivity contribution in [3.05, 3.63) is 35.9 Å². The van der Waals surface area contributed by atoms with E-state index in [9.17, 15) is 9.90 Å². The van der Waals surface area contributed by atoms with Crippen molar-refractivity contribution >= 4 is 5.97 Å². The van der Waals surface area contributed by atoms with Gasteiger partial charge in [0.15, 0.2) is 12.2 Å². The normalized spacial score (nSPS) is 18.5. The lowest BCUT2D eigenvalue weighted by Crippen LogP contribution is -2.45. The molecule has 1 saturated carbocycles. The molecule has 0 radical (unpaired) electrons. The second-order valence-electron chi connectivity index (χ2n) is 6.61. The third-order valence-corrected chi connectivity index (χ3v) is 5.03. The topological polar surface area (TPSA) is 58.6 Å². The van der Waals surface area contributed by atoms with Crippen molar-refractivity contribution in [2.24, 2.45) is 5.92 Å². The molecule has 0 amide bonds. The average molecular weight is 343 g/mol. The largest absolute Gasteiger partial charge is 0.450 e. The highest BCUT2D eigenvalue weighted by molar-refractivity contribution is 5.81. The number of nitrogens with one attached hydrogen (secondary N) is 1. The summed E-state index contributed by atoms with van der Waals surface area (Å²) in [5, 5.41) is 14.4. The van der Waals surface area contributed by atoms with E-state index in [-0.39, 0.29) is 18.6 Å². The van der Waals surface area contributed by atoms with Gasteiger partial charge in [-0.05, 0) is 31.9 Å². The fraction of sp³-hybridized carbons (Fsp3) is 0.571. The Morgan fingerprint density at radius 2 is 2.00 bits per heavy atom. The summed E-state index contributed by atoms with van der Waals surface area (Å²) in [7, 11) is 1.85. The zero-order valence-electron chi connectivity index (χ0n) is 15.3. The monoisotopic (exact) mass is 343 g/mol. The van der Waals surface area contributed by atoms with Crippen LogP contribution in [-0.2, 0) is 15.1 Å². The summed E-state index contributed by atoms with van der Waals surface area (Å²) in [6.45, 7) is 2.04. The van der Waals surface area contributed by atoms with E-state index in [1.54, 1.807) is 12.1 Å². The Morgan fingerprint density at radius 3 is 2.60 bits per heavy atom. The van der Waals surface area contributed by atoms with Crippen LogP contribution >= 0.6 is 0 Å². The SMILES string of the molecule is CC[C@@H](C#CCOC(=O)C(O)(c1ccccc1)C1CCCCC1)NC. The van der Waals surface area contributed by atoms with Crippen molar-refractivity contribution in [1.29, 1.82) is 0 Å². The molecular formula is C21H29NO3. The highest BCUT2D eigenvalue weighted by Gasteiger charge is 2.46. The van der Waals surface area contributed by atoms with Gasteiger partial charge in [-0.3, -0.25) is 0 Å². The fourth-order valence-electron chi connectivity index (χ4n) is 3.49. The standard InChI is InChI=1S/C21H29NO3/c1-3-19(22-2)15-10-16-25-20(23)21(24,17-11-6-4-7-12-17)18-13-8-5-9-14-18/h4,6-7,11-12,18-19,22,24H,3,5,8-9,13-14,16H2,1-2H3/t19-,21?/m0/s1. The molecule has 2 atom stereocenters. The first kappa shape index (κ1) is 19.5. The quantitative estimate of drug-likeness (QED) is 0.616. The number of aliphatic hydroxyl groups is 1. The maximum Gasteiger partial charge on any atom is 0.344 e. The number of hydrogen-bond acceptors (Lipinski definition) is 4. The van der Waals surface area contributed by atoms with Crippen LogP contribution in [0.15, 0.2) is 30.3 Å². The van der Waals surface area contributed by atoms with E-state index < -0.39 is 11.6 Å². The van der Waals surface area contributed by atoms with E-state index >= 15 is 0 Å². The maximum absolute atomic E-state index is 12.8. The molecule has 2 rings (SSSR count). The summed E-state index contributed by atoms with van der Waals surface area (Å²) in [6, 6.07) is 9.25. The lowest BCUT2D eigenvalue weighted by atomic mass is 9.73. The summed E-state index contributed by atoms with van der Waals surface area (Å²) in [4.78, 5) is 12.8. The zero-order chi connectivity index (χ0) is 18.1. The van der Waals surface area contributed by atoms with E-state index in [0.717, 1.165) is 38.5 Å². The Morgan fingerprint density at radius 1 is 1.32 bits per heavy atom. The number of carbonyl (C=O) groups is 1. The molecule has 25 heavy (non-hydrogen) atoms. The maximum atomic E-state index is 12.8. The highest BCUT2D eigenvalue weighted by atomic mass is 16.5. The van der Waals surface area contributed by atoms with Crippen LogP contribution in [0.25, 0.3) is 0 Å². The van der Waals surface area contributed by atoms with E-state index in [0.29, 0.717) is 5.56 Å². The molecule has 136 valence electrons. The van der Waals surface area contributed by atoms with E-state index in [2.05, 4.69) is 17.2 Å². The lowest BCUT2D eigenvalue weighted by Gasteiger charge is -2.36. The van der Waals surface area contributed by atoms with Crippen molar-refractivity contribution < 1.29 is 14.6 Å². The Bertz CT molecular complexity index is 595. The number of hydrogen-bond donors (Lipinski definition) is 2. The molecule has 4 heteroatoms. The minimum Gasteiger partial charge on any atom is -0.450 e. The van der Waals surface area contributed by atoms with Crippen molar-refractivity contribution in [2.75, 3.05) is 13.7 Å². The number of esters is 1. The Kier molecular flexibility index (Phi) is 7.49. The van der Waals surface area contributed by atoms with Gasteiger partial charge in [0.05, 0.1) is 6.04 Å². The van der Waals surface area contributed by atoms with Crippen molar-refractivity contribution in [2.45, 2.75) is 57.1 Å². The third-order valence-electron chi connectivity index (χ3n) is 5.03. The van der Waals surface area contributed by atoms with Crippen LogP contribution in [0, 0.1) is 17.8 Å². The lowest BCUT2D eigenvalue weighted by molar-refractivity contribution is -0.174. The number of benzene rings is 1. The first-order valence-electron chi connectivity index (χ1n) is 9.23. The molecule has 1 aliphatic rings. The van der Waals surface area contributed by atoms with Gasteiger partial charge >= 0.3 is 5.97 Å². The molecule has 0 spiro atoms. The molecule has 0 saturated heterocycles. The van der Waals surface area contributed by atoms with Crippen LogP contribution in [0.5, 0.6) is 0 Å². The van der Waals surface area contributed by atoms with Gasteiger partial charge in [0.1, 0.15) is 0 Å². The highest BCUT2D eigenvalue weighted by Crippen LogP contribution is 2.40. The first-order chi connectivity index (χ1) is 12.1. The summed E-state index contributed by atoms with van der Waals surface area (Å²) in [6.07, 6.45) is 5.78. The molecule has 1 aromatic rings. The van der Waals surface area contributed by atoms with Gasteiger partial charge in [-0.1, -0.05) is 68.4 Å². The minimum absolute atomic E-state index is 0.00111. The van der Waals surface area contributed by atoms with Crippen LogP contribution in [0.4, 0.5) is 0 Å². The van der Waals surface area contributed by atoms with E-state index in [4.69, 9.17) is 4.74 Å². The molecule has 0 bridgehead atoms. The van der Waals surface area contributed by atoms with Crippen molar-refractivity contribution in [3.63, 3.8) is 0 Å². The minimum atomic E-state index is -1.59. The van der Waals surface area contributed by atoms with Crippen LogP contribution in [-0.4, -0.2) is 30.8 Å². The van der Waals surface area contributed by atoms with Crippen molar-refractivity contribution in [3.8, 4) is 11.8 Å². The number of rotatable bonds is 6. The molecule has 4 nitrogen and oxygen atoms in total. The Hall–Kier alpha value is -1.83. The zero-order valence-corrected chi connectivity index (χ0v) is 15.3. The van der Waals surface area contributed by atoms with Gasteiger partial charge in [0, 0.05) is 5.92 Å². The number of ether oxygens (including phenoxy) is 1. The van der Waals surface area contributed by atoms with Gasteiger partial charge in [-0.2, -0.15) is 0 Å². The van der Waals surface area contributed by atoms with Gasteiger partial charge < -0.3 is 15.2 Å². The van der Waals surface area contributed by atoms with Crippen LogP contribution in [0.3, 0.4) is 0 Å². The van der Waals surface area contributed by atoms with E-state index in [1.165, 1.54) is 0 Å². The molecule has 1 unspecified atom stereocenters. The van der Waals surface area contributed by atoms with Crippen LogP contribution in [0.2, 0.25) is 0 Å². The Balaban J connectivity index is 2.13. The summed E-state index contributed by atoms with van der Waals surface area (Å²) in [5.74, 6) is 5.21. The van der Waals surface area contributed by atoms with Gasteiger partial charge in [-0.25, -0.2) is 4.79 Å². The molecule has 0 aliphatic heterocycles. The molecule has 1 aliphatic carbocycles. The molecule has 1 fully saturated rings. The molecule has 0 aromatic heterocycles. The van der Waals surface area contributed by atoms with Crippen molar-refractivity contribution in [1.82, 2.24) is 5.32 Å². The van der Waals surface area contributed by atoms with E-state index in [1.807, 2.05) is 32.2 Å². The number of carbonyl (C=O) groups excluding carboxylic acids is 1. The van der Waals surface area contributed by atoms with Gasteiger partial charge in [0.25, 0.3) is 0 Å². The summed E-state index contributed by atoms with van der Waals surface area (Å²) >= 11 is 0. The fourth-order valence-corrected chi connectivity index (χ4v) is 3.49. The van der Waals surface area contributed by atoms with Gasteiger partial charge in [-0.15, -0.1) is 0 Å². The summed E-state index contributed by atoms with van der Waals surface area (Å²) in [5.41, 5.74) is -0.974. The first-order valence-corrected chi connectivity index (χ1v) is 9.23. The smallest absolute Gasteiger partial charge is 0.344 e. The van der Waals surface area contributed by atoms with Crippen LogP contribution < -0.4 is 5.32 Å². The predicted octanol–water partition coefficient (Wildman–Crippen LogP) is 3.00. The second kappa shape index (κ2) is 9.60. The molecular weight excluding hydrogens is 314 g/mol. The van der Waals surface area contributed by atoms with Crippen LogP contribution in [0.1, 0.15) is 51.0 Å². The summed E-state index contributed by atoms with van der Waals surface area (Å²) < 4.78 is 5.36. The molecule has 1 aromatic carbocycles. The molecule has 2 N–H and O–H groups in total. The molecule has 0 heterocycles. The third kappa shape index (κ3) is 4.84. The second-order valence-corrected chi connectivity index (χ2v) is 6.61.